The fourth-order valence-electron chi connectivity index (χ4n) is 1.44. The number of likely N-dealkylation sites (N-methyl/N-ethyl adjacent to an activating group) is 1. The number of nitrogens with zero attached hydrogens (tertiary/aromatic N) is 1. The van der Waals surface area contributed by atoms with Crippen molar-refractivity contribution in [1.29, 1.82) is 0 Å². The number of aliphatic hydroxyl groups excluding tert-OH is 1. The molecule has 0 bridgehead atoms. The summed E-state index contributed by atoms with van der Waals surface area (Å²) >= 11 is 5.85. The molecular formula is C14H17ClFNO2. The van der Waals surface area contributed by atoms with Crippen LogP contribution in [0.2, 0.25) is 5.02 Å². The molecule has 3 nitrogen and oxygen atoms in total. The fourth-order valence-corrected chi connectivity index (χ4v) is 1.67. The van der Waals surface area contributed by atoms with E-state index < -0.39 is 11.9 Å². The molecule has 0 saturated carbocycles. The molecule has 0 aliphatic carbocycles. The lowest BCUT2D eigenvalue weighted by Gasteiger charge is -2.15. The molecule has 19 heavy (non-hydrogen) atoms. The first-order chi connectivity index (χ1) is 8.91. The van der Waals surface area contributed by atoms with Crippen molar-refractivity contribution in [3.63, 3.8) is 0 Å². The summed E-state index contributed by atoms with van der Waals surface area (Å²) in [5.74, 6) is -0.733. The maximum atomic E-state index is 13.5. The molecule has 0 spiro atoms. The highest BCUT2D eigenvalue weighted by Crippen LogP contribution is 2.20. The zero-order chi connectivity index (χ0) is 14.4. The summed E-state index contributed by atoms with van der Waals surface area (Å²) in [6, 6.07) is 4.35. The van der Waals surface area contributed by atoms with Crippen LogP contribution in [0.4, 0.5) is 4.39 Å². The van der Waals surface area contributed by atoms with Gasteiger partial charge in [0.25, 0.3) is 0 Å². The second-order valence-corrected chi connectivity index (χ2v) is 4.77. The van der Waals surface area contributed by atoms with Gasteiger partial charge in [0.05, 0.1) is 11.1 Å². The van der Waals surface area contributed by atoms with Gasteiger partial charge in [-0.15, -0.1) is 0 Å². The average Bonchev–Trinajstić information content (AvgIpc) is 2.35. The standard InChI is InChI=1S/C14H17ClFNO2/c1-10(18)8-9-17(2)14(19)7-6-11-12(15)4-3-5-13(11)16/h3-7,10,18H,8-9H2,1-2H3/b7-6+. The summed E-state index contributed by atoms with van der Waals surface area (Å²) in [6.45, 7) is 2.10. The molecule has 1 amide bonds. The Kier molecular flexibility index (Phi) is 5.99. The summed E-state index contributed by atoms with van der Waals surface area (Å²) < 4.78 is 13.5. The Hall–Kier alpha value is -1.39. The van der Waals surface area contributed by atoms with Gasteiger partial charge in [0.2, 0.25) is 5.91 Å². The number of halogens is 2. The highest BCUT2D eigenvalue weighted by atomic mass is 35.5. The van der Waals surface area contributed by atoms with Gasteiger partial charge in [-0.25, -0.2) is 4.39 Å². The van der Waals surface area contributed by atoms with Crippen LogP contribution < -0.4 is 0 Å². The van der Waals surface area contributed by atoms with Crippen molar-refractivity contribution < 1.29 is 14.3 Å². The van der Waals surface area contributed by atoms with Crippen molar-refractivity contribution in [3.05, 3.63) is 40.7 Å². The van der Waals surface area contributed by atoms with Crippen molar-refractivity contribution in [2.45, 2.75) is 19.4 Å². The van der Waals surface area contributed by atoms with Crippen molar-refractivity contribution in [1.82, 2.24) is 4.90 Å². The third-order valence-corrected chi connectivity index (χ3v) is 2.98. The highest BCUT2D eigenvalue weighted by Gasteiger charge is 2.08. The lowest BCUT2D eigenvalue weighted by molar-refractivity contribution is -0.124. The first kappa shape index (κ1) is 15.7. The third-order valence-electron chi connectivity index (χ3n) is 2.65. The molecule has 5 heteroatoms. The zero-order valence-electron chi connectivity index (χ0n) is 10.9. The molecular weight excluding hydrogens is 269 g/mol. The molecule has 0 saturated heterocycles. The molecule has 0 aliphatic rings. The maximum absolute atomic E-state index is 13.5. The topological polar surface area (TPSA) is 40.5 Å². The van der Waals surface area contributed by atoms with E-state index in [0.29, 0.717) is 13.0 Å². The van der Waals surface area contributed by atoms with Crippen LogP contribution in [0.3, 0.4) is 0 Å². The number of carbonyl (C=O) groups is 1. The average molecular weight is 286 g/mol. The summed E-state index contributed by atoms with van der Waals surface area (Å²) in [4.78, 5) is 13.2. The molecule has 104 valence electrons. The van der Waals surface area contributed by atoms with Crippen LogP contribution in [0.15, 0.2) is 24.3 Å². The Balaban J connectivity index is 2.68. The largest absolute Gasteiger partial charge is 0.393 e. The minimum atomic E-state index is -0.469. The monoisotopic (exact) mass is 285 g/mol. The third kappa shape index (κ3) is 5.01. The molecule has 1 atom stereocenters. The number of hydrogen-bond acceptors (Lipinski definition) is 2. The second-order valence-electron chi connectivity index (χ2n) is 4.37. The normalized spacial score (nSPS) is 12.7. The number of aliphatic hydroxyl groups is 1. The van der Waals surface area contributed by atoms with Crippen LogP contribution in [-0.4, -0.2) is 35.6 Å². The van der Waals surface area contributed by atoms with E-state index in [0.717, 1.165) is 0 Å². The van der Waals surface area contributed by atoms with Gasteiger partial charge in [0.15, 0.2) is 0 Å². The van der Waals surface area contributed by atoms with Crippen LogP contribution in [0.25, 0.3) is 6.08 Å². The van der Waals surface area contributed by atoms with E-state index in [1.54, 1.807) is 20.0 Å². The van der Waals surface area contributed by atoms with E-state index in [2.05, 4.69) is 0 Å². The van der Waals surface area contributed by atoms with Gasteiger partial charge < -0.3 is 10.0 Å². The number of benzene rings is 1. The SMILES string of the molecule is CC(O)CCN(C)C(=O)/C=C/c1c(F)cccc1Cl. The molecule has 0 heterocycles. The van der Waals surface area contributed by atoms with Crippen LogP contribution in [0, 0.1) is 5.82 Å². The fraction of sp³-hybridized carbons (Fsp3) is 0.357. The summed E-state index contributed by atoms with van der Waals surface area (Å²) in [6.07, 6.45) is 2.67. The number of hydrogen-bond donors (Lipinski definition) is 1. The second kappa shape index (κ2) is 7.26. The minimum Gasteiger partial charge on any atom is -0.393 e. The Morgan fingerprint density at radius 3 is 2.84 bits per heavy atom. The molecule has 0 aliphatic heterocycles. The molecule has 1 aromatic carbocycles. The quantitative estimate of drug-likeness (QED) is 0.845. The molecule has 1 unspecified atom stereocenters. The van der Waals surface area contributed by atoms with E-state index in [4.69, 9.17) is 16.7 Å². The highest BCUT2D eigenvalue weighted by molar-refractivity contribution is 6.32. The lowest BCUT2D eigenvalue weighted by atomic mass is 10.2. The van der Waals surface area contributed by atoms with E-state index in [1.807, 2.05) is 0 Å². The van der Waals surface area contributed by atoms with Gasteiger partial charge in [-0.3, -0.25) is 4.79 Å². The molecule has 0 aromatic heterocycles. The number of amides is 1. The molecule has 1 N–H and O–H groups in total. The maximum Gasteiger partial charge on any atom is 0.246 e. The van der Waals surface area contributed by atoms with Gasteiger partial charge >= 0.3 is 0 Å². The van der Waals surface area contributed by atoms with E-state index >= 15 is 0 Å². The lowest BCUT2D eigenvalue weighted by Crippen LogP contribution is -2.27. The zero-order valence-corrected chi connectivity index (χ0v) is 11.7. The van der Waals surface area contributed by atoms with Crippen LogP contribution in [-0.2, 0) is 4.79 Å². The van der Waals surface area contributed by atoms with Crippen molar-refractivity contribution >= 4 is 23.6 Å². The molecule has 1 rings (SSSR count). The van der Waals surface area contributed by atoms with Gasteiger partial charge in [-0.05, 0) is 31.6 Å². The van der Waals surface area contributed by atoms with E-state index in [1.165, 1.54) is 29.2 Å². The van der Waals surface area contributed by atoms with Crippen molar-refractivity contribution in [2.75, 3.05) is 13.6 Å². The smallest absolute Gasteiger partial charge is 0.246 e. The van der Waals surface area contributed by atoms with Crippen LogP contribution in [0.1, 0.15) is 18.9 Å². The Labute approximate surface area is 117 Å². The summed E-state index contributed by atoms with van der Waals surface area (Å²) in [5, 5.41) is 9.40. The van der Waals surface area contributed by atoms with Gasteiger partial charge in [-0.2, -0.15) is 0 Å². The minimum absolute atomic E-state index is 0.196. The molecule has 0 radical (unpaired) electrons. The predicted octanol–water partition coefficient (Wildman–Crippen LogP) is 2.72. The van der Waals surface area contributed by atoms with Gasteiger partial charge in [-0.1, -0.05) is 17.7 Å². The van der Waals surface area contributed by atoms with Crippen molar-refractivity contribution in [3.8, 4) is 0 Å². The molecule has 0 fully saturated rings. The van der Waals surface area contributed by atoms with Gasteiger partial charge in [0, 0.05) is 25.2 Å². The predicted molar refractivity (Wildman–Crippen MR) is 74.4 cm³/mol. The van der Waals surface area contributed by atoms with Crippen LogP contribution >= 0.6 is 11.6 Å². The summed E-state index contributed by atoms with van der Waals surface area (Å²) in [5.41, 5.74) is 0.196. The van der Waals surface area contributed by atoms with Crippen molar-refractivity contribution in [2.24, 2.45) is 0 Å². The Morgan fingerprint density at radius 2 is 2.26 bits per heavy atom. The van der Waals surface area contributed by atoms with E-state index in [-0.39, 0.29) is 16.5 Å². The Morgan fingerprint density at radius 1 is 1.58 bits per heavy atom. The molecule has 1 aromatic rings. The Bertz CT molecular complexity index is 454. The van der Waals surface area contributed by atoms with Gasteiger partial charge in [0.1, 0.15) is 5.82 Å². The van der Waals surface area contributed by atoms with E-state index in [9.17, 15) is 9.18 Å². The number of rotatable bonds is 5. The van der Waals surface area contributed by atoms with Crippen LogP contribution in [0.5, 0.6) is 0 Å². The number of carbonyl (C=O) groups excluding carboxylic acids is 1. The first-order valence-electron chi connectivity index (χ1n) is 5.97. The summed E-state index contributed by atoms with van der Waals surface area (Å²) in [7, 11) is 1.62. The first-order valence-corrected chi connectivity index (χ1v) is 6.35.